The molecule has 1 aliphatic heterocycles. The number of hydrogen-bond donors (Lipinski definition) is 0. The molecule has 2 aliphatic rings. The van der Waals surface area contributed by atoms with E-state index < -0.39 is 10.1 Å². The van der Waals surface area contributed by atoms with Gasteiger partial charge in [0.05, 0.1) is 36.5 Å². The Labute approximate surface area is 241 Å². The molecule has 6 rings (SSSR count). The molecule has 1 atom stereocenters. The summed E-state index contributed by atoms with van der Waals surface area (Å²) in [5.41, 5.74) is 5.76. The summed E-state index contributed by atoms with van der Waals surface area (Å²) in [5.74, 6) is 0.489. The van der Waals surface area contributed by atoms with Gasteiger partial charge in [-0.25, -0.2) is 4.79 Å². The fourth-order valence-electron chi connectivity index (χ4n) is 6.27. The van der Waals surface area contributed by atoms with Crippen LogP contribution in [0.4, 0.5) is 0 Å². The predicted octanol–water partition coefficient (Wildman–Crippen LogP) is 6.87. The zero-order valence-electron chi connectivity index (χ0n) is 23.5. The number of aryl methyl sites for hydroxylation is 1. The van der Waals surface area contributed by atoms with Gasteiger partial charge in [-0.1, -0.05) is 55.2 Å². The maximum atomic E-state index is 13.0. The van der Waals surface area contributed by atoms with Crippen LogP contribution in [-0.4, -0.2) is 39.3 Å². The molecule has 3 aromatic carbocycles. The number of carbonyl (C=O) groups is 1. The lowest BCUT2D eigenvalue weighted by Crippen LogP contribution is -2.27. The van der Waals surface area contributed by atoms with E-state index in [9.17, 15) is 13.2 Å². The Morgan fingerprint density at radius 3 is 2.51 bits per heavy atom. The second kappa shape index (κ2) is 11.3. The number of hydrogen-bond acceptors (Lipinski definition) is 6. The van der Waals surface area contributed by atoms with Crippen molar-refractivity contribution in [1.82, 2.24) is 4.57 Å². The lowest BCUT2D eigenvalue weighted by atomic mass is 9.81. The number of methoxy groups -OCH3 is 1. The Hall–Kier alpha value is -3.62. The summed E-state index contributed by atoms with van der Waals surface area (Å²) in [6.07, 6.45) is 5.82. The molecular formula is C33H35NO6S. The van der Waals surface area contributed by atoms with Crippen LogP contribution in [0.15, 0.2) is 71.6 Å². The normalized spacial score (nSPS) is 17.7. The van der Waals surface area contributed by atoms with Gasteiger partial charge in [-0.3, -0.25) is 4.18 Å². The number of benzene rings is 3. The SMILES string of the molecule is COC(=O)c1ccc2c(C3CCCCC3)c3n(c2c1)C[C@@H](COS(=O)(=O)c1ccc(C)cc1)COc1ccccc1-3. The molecule has 0 spiro atoms. The molecule has 8 heteroatoms. The van der Waals surface area contributed by atoms with Crippen molar-refractivity contribution >= 4 is 27.0 Å². The van der Waals surface area contributed by atoms with Crippen LogP contribution in [0.1, 0.15) is 59.5 Å². The molecule has 0 unspecified atom stereocenters. The van der Waals surface area contributed by atoms with Crippen molar-refractivity contribution in [3.63, 3.8) is 0 Å². The van der Waals surface area contributed by atoms with E-state index in [1.54, 1.807) is 24.3 Å². The first-order valence-electron chi connectivity index (χ1n) is 14.3. The average molecular weight is 574 g/mol. The van der Waals surface area contributed by atoms with Gasteiger partial charge >= 0.3 is 5.97 Å². The lowest BCUT2D eigenvalue weighted by Gasteiger charge is -2.28. The monoisotopic (exact) mass is 573 g/mol. The smallest absolute Gasteiger partial charge is 0.337 e. The first kappa shape index (κ1) is 27.5. The van der Waals surface area contributed by atoms with Crippen LogP contribution in [0.2, 0.25) is 0 Å². The van der Waals surface area contributed by atoms with E-state index in [0.717, 1.165) is 46.3 Å². The molecule has 0 N–H and O–H groups in total. The van der Waals surface area contributed by atoms with Crippen molar-refractivity contribution in [2.75, 3.05) is 20.3 Å². The van der Waals surface area contributed by atoms with E-state index >= 15 is 0 Å². The summed E-state index contributed by atoms with van der Waals surface area (Å²) < 4.78 is 45.3. The Morgan fingerprint density at radius 2 is 1.76 bits per heavy atom. The molecule has 0 saturated heterocycles. The Kier molecular flexibility index (Phi) is 7.62. The number of aromatic nitrogens is 1. The topological polar surface area (TPSA) is 83.8 Å². The van der Waals surface area contributed by atoms with E-state index in [1.807, 2.05) is 43.3 Å². The summed E-state index contributed by atoms with van der Waals surface area (Å²) in [5, 5.41) is 1.11. The maximum Gasteiger partial charge on any atom is 0.337 e. The van der Waals surface area contributed by atoms with E-state index in [4.69, 9.17) is 13.7 Å². The third-order valence-electron chi connectivity index (χ3n) is 8.36. The Bertz CT molecular complexity index is 1680. The number of rotatable bonds is 6. The molecule has 7 nitrogen and oxygen atoms in total. The largest absolute Gasteiger partial charge is 0.492 e. The van der Waals surface area contributed by atoms with Gasteiger partial charge in [-0.2, -0.15) is 8.42 Å². The van der Waals surface area contributed by atoms with Gasteiger partial charge in [0.25, 0.3) is 10.1 Å². The van der Waals surface area contributed by atoms with Gasteiger partial charge in [0.2, 0.25) is 0 Å². The van der Waals surface area contributed by atoms with Crippen LogP contribution in [0, 0.1) is 12.8 Å². The molecule has 0 bridgehead atoms. The van der Waals surface area contributed by atoms with E-state index in [-0.39, 0.29) is 30.0 Å². The van der Waals surface area contributed by atoms with Crippen molar-refractivity contribution in [3.8, 4) is 17.0 Å². The number of ether oxygens (including phenoxy) is 2. The minimum absolute atomic E-state index is 0.0348. The molecule has 2 heterocycles. The number of esters is 1. The molecule has 1 fully saturated rings. The minimum atomic E-state index is -3.94. The molecule has 1 saturated carbocycles. The second-order valence-corrected chi connectivity index (χ2v) is 12.8. The van der Waals surface area contributed by atoms with Gasteiger partial charge in [0.15, 0.2) is 0 Å². The highest BCUT2D eigenvalue weighted by Gasteiger charge is 2.31. The van der Waals surface area contributed by atoms with Gasteiger partial charge in [-0.05, 0) is 67.6 Å². The van der Waals surface area contributed by atoms with Gasteiger partial charge in [-0.15, -0.1) is 0 Å². The molecule has 1 aliphatic carbocycles. The quantitative estimate of drug-likeness (QED) is 0.185. The van der Waals surface area contributed by atoms with Crippen LogP contribution in [-0.2, 0) is 25.6 Å². The Morgan fingerprint density at radius 1 is 1.00 bits per heavy atom. The molecule has 1 aromatic heterocycles. The van der Waals surface area contributed by atoms with Crippen LogP contribution < -0.4 is 4.74 Å². The van der Waals surface area contributed by atoms with Gasteiger partial charge in [0.1, 0.15) is 5.75 Å². The molecular weight excluding hydrogens is 538 g/mol. The summed E-state index contributed by atoms with van der Waals surface area (Å²) in [6, 6.07) is 20.5. The van der Waals surface area contributed by atoms with Gasteiger partial charge < -0.3 is 14.0 Å². The summed E-state index contributed by atoms with van der Waals surface area (Å²) in [7, 11) is -2.55. The third kappa shape index (κ3) is 5.38. The number of nitrogens with zero attached hydrogens (tertiary/aromatic N) is 1. The minimum Gasteiger partial charge on any atom is -0.492 e. The van der Waals surface area contributed by atoms with Crippen molar-refractivity contribution < 1.29 is 26.9 Å². The summed E-state index contributed by atoms with van der Waals surface area (Å²) in [6.45, 7) is 2.63. The van der Waals surface area contributed by atoms with Gasteiger partial charge in [0, 0.05) is 28.9 Å². The average Bonchev–Trinajstić information content (AvgIpc) is 3.30. The van der Waals surface area contributed by atoms with E-state index in [1.165, 1.54) is 31.9 Å². The summed E-state index contributed by atoms with van der Waals surface area (Å²) >= 11 is 0. The lowest BCUT2D eigenvalue weighted by molar-refractivity contribution is 0.0601. The maximum absolute atomic E-state index is 13.0. The Balaban J connectivity index is 1.46. The molecule has 214 valence electrons. The van der Waals surface area contributed by atoms with Crippen molar-refractivity contribution in [2.24, 2.45) is 5.92 Å². The summed E-state index contributed by atoms with van der Waals surface area (Å²) in [4.78, 5) is 12.7. The van der Waals surface area contributed by atoms with Crippen LogP contribution >= 0.6 is 0 Å². The van der Waals surface area contributed by atoms with E-state index in [2.05, 4.69) is 10.6 Å². The molecule has 41 heavy (non-hydrogen) atoms. The first-order valence-corrected chi connectivity index (χ1v) is 15.7. The first-order chi connectivity index (χ1) is 19.9. The van der Waals surface area contributed by atoms with Crippen molar-refractivity contribution in [2.45, 2.75) is 56.4 Å². The number of fused-ring (bicyclic) bond motifs is 5. The zero-order chi connectivity index (χ0) is 28.6. The molecule has 0 radical (unpaired) electrons. The fourth-order valence-corrected chi connectivity index (χ4v) is 7.25. The van der Waals surface area contributed by atoms with Crippen LogP contribution in [0.3, 0.4) is 0 Å². The molecule has 0 amide bonds. The highest BCUT2D eigenvalue weighted by Crippen LogP contribution is 2.47. The second-order valence-electron chi connectivity index (χ2n) is 11.2. The highest BCUT2D eigenvalue weighted by molar-refractivity contribution is 7.86. The fraction of sp³-hybridized carbons (Fsp3) is 0.364. The number of para-hydroxylation sites is 1. The standard InChI is InChI=1S/C33H35NO6S/c1-22-12-15-26(16-13-22)41(36,37)40-21-23-19-34-29-18-25(33(35)38-2)14-17-27(29)31(24-8-4-3-5-9-24)32(34)28-10-6-7-11-30(28)39-20-23/h6-7,10-18,23-24H,3-5,8-9,19-21H2,1-2H3/t23-/m1/s1. The van der Waals surface area contributed by atoms with Crippen LogP contribution in [0.25, 0.3) is 22.2 Å². The van der Waals surface area contributed by atoms with Crippen molar-refractivity contribution in [3.05, 3.63) is 83.4 Å². The van der Waals surface area contributed by atoms with Crippen LogP contribution in [0.5, 0.6) is 5.75 Å². The predicted molar refractivity (Wildman–Crippen MR) is 158 cm³/mol. The zero-order valence-corrected chi connectivity index (χ0v) is 24.3. The number of carbonyl (C=O) groups excluding carboxylic acids is 1. The highest BCUT2D eigenvalue weighted by atomic mass is 32.2. The van der Waals surface area contributed by atoms with E-state index in [0.29, 0.717) is 18.0 Å². The third-order valence-corrected chi connectivity index (χ3v) is 9.66. The van der Waals surface area contributed by atoms with Crippen molar-refractivity contribution in [1.29, 1.82) is 0 Å². The molecule has 4 aromatic rings.